The second-order valence-electron chi connectivity index (χ2n) is 5.38. The molecular weight excluding hydrogens is 280 g/mol. The van der Waals surface area contributed by atoms with Crippen molar-refractivity contribution in [3.8, 4) is 5.75 Å². The van der Waals surface area contributed by atoms with Crippen molar-refractivity contribution in [1.29, 1.82) is 0 Å². The Morgan fingerprint density at radius 1 is 1.59 bits per heavy atom. The van der Waals surface area contributed by atoms with Crippen LogP contribution in [0, 0.1) is 5.92 Å². The van der Waals surface area contributed by atoms with Crippen molar-refractivity contribution in [1.82, 2.24) is 15.2 Å². The number of aromatic nitrogens is 1. The summed E-state index contributed by atoms with van der Waals surface area (Å²) in [7, 11) is 2.07. The van der Waals surface area contributed by atoms with Gasteiger partial charge < -0.3 is 19.7 Å². The highest BCUT2D eigenvalue weighted by Crippen LogP contribution is 2.13. The van der Waals surface area contributed by atoms with Gasteiger partial charge >= 0.3 is 0 Å². The van der Waals surface area contributed by atoms with Crippen LogP contribution in [0.25, 0.3) is 0 Å². The number of hydrogen-bond donors (Lipinski definition) is 1. The molecule has 1 N–H and O–H groups in total. The lowest BCUT2D eigenvalue weighted by atomic mass is 10.1. The van der Waals surface area contributed by atoms with E-state index in [1.807, 2.05) is 12.1 Å². The minimum atomic E-state index is 0.543. The molecule has 1 aromatic heterocycles. The molecule has 122 valence electrons. The monoisotopic (exact) mass is 306 g/mol. The number of ether oxygens (including phenoxy) is 2. The van der Waals surface area contributed by atoms with Gasteiger partial charge in [0.15, 0.2) is 5.96 Å². The fourth-order valence-corrected chi connectivity index (χ4v) is 2.42. The standard InChI is InChI=1S/C16H26N4O2/c1-3-18-16(20(2)12-14-6-9-21-13-14)19-8-10-22-15-5-4-7-17-11-15/h4-5,7,11,14H,3,6,8-10,12-13H2,1-2H3,(H,18,19). The molecule has 0 aliphatic carbocycles. The smallest absolute Gasteiger partial charge is 0.193 e. The average molecular weight is 306 g/mol. The quantitative estimate of drug-likeness (QED) is 0.469. The van der Waals surface area contributed by atoms with Gasteiger partial charge in [0.05, 0.1) is 19.3 Å². The van der Waals surface area contributed by atoms with Crippen LogP contribution < -0.4 is 10.1 Å². The summed E-state index contributed by atoms with van der Waals surface area (Å²) < 4.78 is 11.0. The van der Waals surface area contributed by atoms with E-state index >= 15 is 0 Å². The minimum Gasteiger partial charge on any atom is -0.490 e. The fourth-order valence-electron chi connectivity index (χ4n) is 2.42. The van der Waals surface area contributed by atoms with Crippen molar-refractivity contribution >= 4 is 5.96 Å². The van der Waals surface area contributed by atoms with Crippen LogP contribution in [0.3, 0.4) is 0 Å². The lowest BCUT2D eigenvalue weighted by molar-refractivity contribution is 0.181. The molecule has 1 fully saturated rings. The van der Waals surface area contributed by atoms with E-state index in [-0.39, 0.29) is 0 Å². The van der Waals surface area contributed by atoms with E-state index < -0.39 is 0 Å². The molecule has 0 spiro atoms. The summed E-state index contributed by atoms with van der Waals surface area (Å²) in [6.45, 7) is 6.79. The molecule has 1 unspecified atom stereocenters. The van der Waals surface area contributed by atoms with E-state index in [0.29, 0.717) is 19.1 Å². The minimum absolute atomic E-state index is 0.543. The molecule has 2 rings (SSSR count). The molecule has 6 nitrogen and oxygen atoms in total. The van der Waals surface area contributed by atoms with E-state index in [9.17, 15) is 0 Å². The van der Waals surface area contributed by atoms with Gasteiger partial charge in [0.1, 0.15) is 12.4 Å². The van der Waals surface area contributed by atoms with Crippen molar-refractivity contribution in [3.05, 3.63) is 24.5 Å². The SMILES string of the molecule is CCNC(=NCCOc1cccnc1)N(C)CC1CCOC1. The van der Waals surface area contributed by atoms with Gasteiger partial charge in [0.25, 0.3) is 0 Å². The molecule has 6 heteroatoms. The zero-order valence-electron chi connectivity index (χ0n) is 13.5. The van der Waals surface area contributed by atoms with Gasteiger partial charge in [-0.05, 0) is 25.5 Å². The summed E-state index contributed by atoms with van der Waals surface area (Å²) in [4.78, 5) is 10.8. The Balaban J connectivity index is 1.78. The van der Waals surface area contributed by atoms with Crippen LogP contribution in [0.2, 0.25) is 0 Å². The Kier molecular flexibility index (Phi) is 6.96. The molecule has 1 aliphatic rings. The van der Waals surface area contributed by atoms with Crippen molar-refractivity contribution in [2.45, 2.75) is 13.3 Å². The summed E-state index contributed by atoms with van der Waals surface area (Å²) in [6, 6.07) is 3.76. The van der Waals surface area contributed by atoms with Gasteiger partial charge in [-0.3, -0.25) is 4.98 Å². The highest BCUT2D eigenvalue weighted by Gasteiger charge is 2.18. The summed E-state index contributed by atoms with van der Waals surface area (Å²) in [5.74, 6) is 2.30. The Hall–Kier alpha value is -1.82. The molecule has 0 aromatic carbocycles. The molecule has 22 heavy (non-hydrogen) atoms. The van der Waals surface area contributed by atoms with Crippen LogP contribution in [0.4, 0.5) is 0 Å². The summed E-state index contributed by atoms with van der Waals surface area (Å²) in [5, 5.41) is 3.32. The maximum absolute atomic E-state index is 5.61. The first kappa shape index (κ1) is 16.5. The predicted molar refractivity (Wildman–Crippen MR) is 87.3 cm³/mol. The van der Waals surface area contributed by atoms with Gasteiger partial charge in [-0.25, -0.2) is 4.99 Å². The third kappa shape index (κ3) is 5.52. The van der Waals surface area contributed by atoms with Crippen LogP contribution >= 0.6 is 0 Å². The van der Waals surface area contributed by atoms with Gasteiger partial charge in [0.2, 0.25) is 0 Å². The molecule has 1 saturated heterocycles. The first-order chi connectivity index (χ1) is 10.8. The van der Waals surface area contributed by atoms with Crippen molar-refractivity contribution in [2.24, 2.45) is 10.9 Å². The molecule has 0 radical (unpaired) electrons. The summed E-state index contributed by atoms with van der Waals surface area (Å²) >= 11 is 0. The number of hydrogen-bond acceptors (Lipinski definition) is 4. The lowest BCUT2D eigenvalue weighted by Crippen LogP contribution is -2.41. The highest BCUT2D eigenvalue weighted by atomic mass is 16.5. The normalized spacial score (nSPS) is 18.3. The van der Waals surface area contributed by atoms with Crippen molar-refractivity contribution < 1.29 is 9.47 Å². The first-order valence-electron chi connectivity index (χ1n) is 7.89. The lowest BCUT2D eigenvalue weighted by Gasteiger charge is -2.24. The van der Waals surface area contributed by atoms with E-state index in [1.54, 1.807) is 12.4 Å². The van der Waals surface area contributed by atoms with E-state index in [1.165, 1.54) is 0 Å². The maximum atomic E-state index is 5.61. The second kappa shape index (κ2) is 9.25. The molecule has 0 bridgehead atoms. The second-order valence-corrected chi connectivity index (χ2v) is 5.38. The molecule has 1 aliphatic heterocycles. The molecule has 0 saturated carbocycles. The molecular formula is C16H26N4O2. The number of nitrogens with zero attached hydrogens (tertiary/aromatic N) is 3. The van der Waals surface area contributed by atoms with Gasteiger partial charge in [-0.2, -0.15) is 0 Å². The van der Waals surface area contributed by atoms with E-state index in [2.05, 4.69) is 34.2 Å². The topological polar surface area (TPSA) is 59.0 Å². The third-order valence-corrected chi connectivity index (χ3v) is 3.51. The molecule has 2 heterocycles. The average Bonchev–Trinajstić information content (AvgIpc) is 3.04. The maximum Gasteiger partial charge on any atom is 0.193 e. The van der Waals surface area contributed by atoms with E-state index in [4.69, 9.17) is 9.47 Å². The molecule has 1 atom stereocenters. The Labute approximate surface area is 132 Å². The summed E-state index contributed by atoms with van der Waals surface area (Å²) in [5.41, 5.74) is 0. The number of guanidine groups is 1. The Bertz CT molecular complexity index is 447. The van der Waals surface area contributed by atoms with Crippen LogP contribution in [0.15, 0.2) is 29.5 Å². The Morgan fingerprint density at radius 2 is 2.50 bits per heavy atom. The molecule has 0 amide bonds. The molecule has 1 aromatic rings. The zero-order valence-corrected chi connectivity index (χ0v) is 13.5. The number of pyridine rings is 1. The van der Waals surface area contributed by atoms with Crippen LogP contribution in [-0.2, 0) is 4.74 Å². The van der Waals surface area contributed by atoms with E-state index in [0.717, 1.165) is 44.4 Å². The van der Waals surface area contributed by atoms with Gasteiger partial charge in [-0.1, -0.05) is 0 Å². The predicted octanol–water partition coefficient (Wildman–Crippen LogP) is 1.39. The van der Waals surface area contributed by atoms with Gasteiger partial charge in [-0.15, -0.1) is 0 Å². The third-order valence-electron chi connectivity index (χ3n) is 3.51. The first-order valence-corrected chi connectivity index (χ1v) is 7.89. The zero-order chi connectivity index (χ0) is 15.6. The van der Waals surface area contributed by atoms with Crippen molar-refractivity contribution in [2.75, 3.05) is 46.5 Å². The number of rotatable bonds is 7. The van der Waals surface area contributed by atoms with Crippen LogP contribution in [0.5, 0.6) is 5.75 Å². The number of aliphatic imine (C=N–C) groups is 1. The van der Waals surface area contributed by atoms with Crippen molar-refractivity contribution in [3.63, 3.8) is 0 Å². The fraction of sp³-hybridized carbons (Fsp3) is 0.625. The van der Waals surface area contributed by atoms with Crippen LogP contribution in [0.1, 0.15) is 13.3 Å². The number of nitrogens with one attached hydrogen (secondary N) is 1. The summed E-state index contributed by atoms with van der Waals surface area (Å²) in [6.07, 6.45) is 4.57. The largest absolute Gasteiger partial charge is 0.490 e. The van der Waals surface area contributed by atoms with Gasteiger partial charge in [0, 0.05) is 38.9 Å². The Morgan fingerprint density at radius 3 is 3.18 bits per heavy atom. The highest BCUT2D eigenvalue weighted by molar-refractivity contribution is 5.79. The van der Waals surface area contributed by atoms with Crippen LogP contribution in [-0.4, -0.2) is 62.3 Å².